The van der Waals surface area contributed by atoms with Crippen molar-refractivity contribution in [3.8, 4) is 5.69 Å². The van der Waals surface area contributed by atoms with E-state index in [4.69, 9.17) is 0 Å². The SMILES string of the molecule is Cc1ccc(-n2cccc2C=C2SC(=O)N(CC(=O)N3CCCCCC3)C2=O)cc1C. The number of carbonyl (C=O) groups is 3. The number of hydrogen-bond acceptors (Lipinski definition) is 4. The number of carbonyl (C=O) groups excluding carboxylic acids is 3. The predicted molar refractivity (Wildman–Crippen MR) is 123 cm³/mol. The van der Waals surface area contributed by atoms with Gasteiger partial charge in [0, 0.05) is 30.7 Å². The molecule has 4 rings (SSSR count). The molecule has 2 fully saturated rings. The number of likely N-dealkylation sites (tertiary alicyclic amines) is 1. The van der Waals surface area contributed by atoms with Gasteiger partial charge in [-0.1, -0.05) is 18.9 Å². The molecule has 162 valence electrons. The van der Waals surface area contributed by atoms with Crippen LogP contribution in [0.5, 0.6) is 0 Å². The van der Waals surface area contributed by atoms with Crippen LogP contribution in [0.1, 0.15) is 42.5 Å². The van der Waals surface area contributed by atoms with Gasteiger partial charge in [-0.05, 0) is 79.9 Å². The van der Waals surface area contributed by atoms with E-state index in [1.54, 1.807) is 11.0 Å². The lowest BCUT2D eigenvalue weighted by atomic mass is 10.1. The molecule has 1 aromatic carbocycles. The first-order valence-electron chi connectivity index (χ1n) is 10.7. The zero-order chi connectivity index (χ0) is 22.0. The standard InChI is InChI=1S/C24H27N3O3S/c1-17-9-10-20(14-18(17)2)26-13-7-8-19(26)15-21-23(29)27(24(30)31-21)16-22(28)25-11-5-3-4-6-12-25/h7-10,13-15H,3-6,11-12,16H2,1-2H3. The van der Waals surface area contributed by atoms with Crippen molar-refractivity contribution in [3.05, 3.63) is 58.3 Å². The van der Waals surface area contributed by atoms with E-state index in [0.29, 0.717) is 18.0 Å². The number of nitrogens with zero attached hydrogens (tertiary/aromatic N) is 3. The molecule has 0 aliphatic carbocycles. The van der Waals surface area contributed by atoms with Gasteiger partial charge in [0.2, 0.25) is 5.91 Å². The van der Waals surface area contributed by atoms with E-state index >= 15 is 0 Å². The number of rotatable bonds is 4. The summed E-state index contributed by atoms with van der Waals surface area (Å²) in [6.45, 7) is 5.36. The highest BCUT2D eigenvalue weighted by Gasteiger charge is 2.37. The highest BCUT2D eigenvalue weighted by atomic mass is 32.2. The van der Waals surface area contributed by atoms with Gasteiger partial charge in [-0.3, -0.25) is 19.3 Å². The van der Waals surface area contributed by atoms with Crippen molar-refractivity contribution in [2.75, 3.05) is 19.6 Å². The lowest BCUT2D eigenvalue weighted by Gasteiger charge is -2.22. The Labute approximate surface area is 186 Å². The summed E-state index contributed by atoms with van der Waals surface area (Å²) in [5.74, 6) is -0.546. The van der Waals surface area contributed by atoms with Gasteiger partial charge in [0.05, 0.1) is 4.91 Å². The minimum Gasteiger partial charge on any atom is -0.341 e. The van der Waals surface area contributed by atoms with Crippen molar-refractivity contribution < 1.29 is 14.4 Å². The molecule has 3 heterocycles. The fourth-order valence-electron chi connectivity index (χ4n) is 3.95. The second-order valence-corrected chi connectivity index (χ2v) is 9.13. The molecule has 2 saturated heterocycles. The molecule has 0 spiro atoms. The summed E-state index contributed by atoms with van der Waals surface area (Å²) in [6, 6.07) is 10.0. The summed E-state index contributed by atoms with van der Waals surface area (Å²) in [7, 11) is 0. The van der Waals surface area contributed by atoms with E-state index in [1.165, 1.54) is 11.1 Å². The summed E-state index contributed by atoms with van der Waals surface area (Å²) >= 11 is 0.897. The van der Waals surface area contributed by atoms with Crippen LogP contribution in [-0.4, -0.2) is 51.1 Å². The Balaban J connectivity index is 1.52. The highest BCUT2D eigenvalue weighted by Crippen LogP contribution is 2.33. The molecule has 7 heteroatoms. The topological polar surface area (TPSA) is 62.6 Å². The average molecular weight is 438 g/mol. The molecule has 0 radical (unpaired) electrons. The van der Waals surface area contributed by atoms with Gasteiger partial charge in [0.25, 0.3) is 11.1 Å². The normalized spacial score (nSPS) is 18.7. The van der Waals surface area contributed by atoms with Crippen molar-refractivity contribution in [1.82, 2.24) is 14.4 Å². The number of aryl methyl sites for hydroxylation is 2. The third kappa shape index (κ3) is 4.61. The maximum absolute atomic E-state index is 12.9. The smallest absolute Gasteiger partial charge is 0.294 e. The molecular weight excluding hydrogens is 410 g/mol. The molecule has 0 N–H and O–H groups in total. The number of amides is 3. The van der Waals surface area contributed by atoms with Crippen LogP contribution in [0.15, 0.2) is 41.4 Å². The van der Waals surface area contributed by atoms with Gasteiger partial charge < -0.3 is 9.47 Å². The maximum atomic E-state index is 12.9. The zero-order valence-electron chi connectivity index (χ0n) is 18.0. The Morgan fingerprint density at radius 2 is 1.77 bits per heavy atom. The van der Waals surface area contributed by atoms with E-state index in [1.807, 2.05) is 29.0 Å². The lowest BCUT2D eigenvalue weighted by molar-refractivity contribution is -0.135. The molecule has 0 atom stereocenters. The van der Waals surface area contributed by atoms with Crippen molar-refractivity contribution in [3.63, 3.8) is 0 Å². The lowest BCUT2D eigenvalue weighted by Crippen LogP contribution is -2.42. The van der Waals surface area contributed by atoms with Gasteiger partial charge >= 0.3 is 0 Å². The van der Waals surface area contributed by atoms with E-state index in [9.17, 15) is 14.4 Å². The van der Waals surface area contributed by atoms with E-state index in [2.05, 4.69) is 26.0 Å². The molecule has 3 amide bonds. The third-order valence-electron chi connectivity index (χ3n) is 5.95. The van der Waals surface area contributed by atoms with Crippen LogP contribution in [0.25, 0.3) is 11.8 Å². The number of aromatic nitrogens is 1. The van der Waals surface area contributed by atoms with Gasteiger partial charge in [0.15, 0.2) is 0 Å². The van der Waals surface area contributed by atoms with Crippen molar-refractivity contribution in [2.24, 2.45) is 0 Å². The third-order valence-corrected chi connectivity index (χ3v) is 6.86. The Bertz CT molecular complexity index is 1050. The summed E-state index contributed by atoms with van der Waals surface area (Å²) in [5, 5.41) is -0.385. The summed E-state index contributed by atoms with van der Waals surface area (Å²) in [6.07, 6.45) is 7.86. The van der Waals surface area contributed by atoms with Gasteiger partial charge in [0.1, 0.15) is 6.54 Å². The molecular formula is C24H27N3O3S. The molecule has 0 bridgehead atoms. The average Bonchev–Trinajstić information content (AvgIpc) is 3.17. The van der Waals surface area contributed by atoms with Crippen LogP contribution in [0.3, 0.4) is 0 Å². The Hall–Kier alpha value is -2.80. The van der Waals surface area contributed by atoms with Crippen LogP contribution in [-0.2, 0) is 9.59 Å². The number of imide groups is 1. The van der Waals surface area contributed by atoms with Crippen molar-refractivity contribution >= 4 is 34.9 Å². The fraction of sp³-hybridized carbons (Fsp3) is 0.375. The summed E-state index contributed by atoms with van der Waals surface area (Å²) in [5.41, 5.74) is 4.21. The number of benzene rings is 1. The van der Waals surface area contributed by atoms with Crippen LogP contribution in [0.4, 0.5) is 4.79 Å². The first-order chi connectivity index (χ1) is 14.9. The molecule has 31 heavy (non-hydrogen) atoms. The largest absolute Gasteiger partial charge is 0.341 e. The molecule has 6 nitrogen and oxygen atoms in total. The molecule has 2 aliphatic heterocycles. The Morgan fingerprint density at radius 3 is 2.48 bits per heavy atom. The quantitative estimate of drug-likeness (QED) is 0.659. The van der Waals surface area contributed by atoms with E-state index in [0.717, 1.165) is 53.7 Å². The highest BCUT2D eigenvalue weighted by molar-refractivity contribution is 8.18. The molecule has 2 aromatic rings. The van der Waals surface area contributed by atoms with Crippen LogP contribution < -0.4 is 0 Å². The molecule has 2 aliphatic rings. The predicted octanol–water partition coefficient (Wildman–Crippen LogP) is 4.53. The van der Waals surface area contributed by atoms with Crippen molar-refractivity contribution in [1.29, 1.82) is 0 Å². The van der Waals surface area contributed by atoms with Gasteiger partial charge in [-0.25, -0.2) is 0 Å². The monoisotopic (exact) mass is 437 g/mol. The van der Waals surface area contributed by atoms with Crippen molar-refractivity contribution in [2.45, 2.75) is 39.5 Å². The molecule has 0 saturated carbocycles. The van der Waals surface area contributed by atoms with Crippen LogP contribution in [0, 0.1) is 13.8 Å². The van der Waals surface area contributed by atoms with Gasteiger partial charge in [-0.15, -0.1) is 0 Å². The van der Waals surface area contributed by atoms with Gasteiger partial charge in [-0.2, -0.15) is 0 Å². The number of thioether (sulfide) groups is 1. The molecule has 0 unspecified atom stereocenters. The summed E-state index contributed by atoms with van der Waals surface area (Å²) < 4.78 is 1.99. The van der Waals surface area contributed by atoms with E-state index < -0.39 is 5.91 Å². The van der Waals surface area contributed by atoms with E-state index in [-0.39, 0.29) is 17.7 Å². The minimum absolute atomic E-state index is 0.149. The maximum Gasteiger partial charge on any atom is 0.294 e. The number of hydrogen-bond donors (Lipinski definition) is 0. The fourth-order valence-corrected chi connectivity index (χ4v) is 4.77. The second kappa shape index (κ2) is 9.14. The Morgan fingerprint density at radius 1 is 1.03 bits per heavy atom. The zero-order valence-corrected chi connectivity index (χ0v) is 18.8. The molecule has 1 aromatic heterocycles. The first-order valence-corrected chi connectivity index (χ1v) is 11.5. The second-order valence-electron chi connectivity index (χ2n) is 8.13. The Kier molecular flexibility index (Phi) is 6.32. The van der Waals surface area contributed by atoms with Crippen LogP contribution >= 0.6 is 11.8 Å². The first kappa shape index (κ1) is 21.4. The van der Waals surface area contributed by atoms with Crippen LogP contribution in [0.2, 0.25) is 0 Å². The minimum atomic E-state index is -0.397. The summed E-state index contributed by atoms with van der Waals surface area (Å²) in [4.78, 5) is 41.3.